The first-order chi connectivity index (χ1) is 17.1. The van der Waals surface area contributed by atoms with E-state index in [9.17, 15) is 18.0 Å². The number of rotatable bonds is 9. The zero-order chi connectivity index (χ0) is 25.6. The van der Waals surface area contributed by atoms with Gasteiger partial charge in [0, 0.05) is 36.6 Å². The number of hydrogen-bond acceptors (Lipinski definition) is 7. The summed E-state index contributed by atoms with van der Waals surface area (Å²) in [5.41, 5.74) is 5.58. The Morgan fingerprint density at radius 3 is 2.72 bits per heavy atom. The molecular weight excluding hydrogens is 495 g/mol. The summed E-state index contributed by atoms with van der Waals surface area (Å²) < 4.78 is 46.4. The number of hydrogen-bond donors (Lipinski definition) is 2. The fourth-order valence-electron chi connectivity index (χ4n) is 5.26. The van der Waals surface area contributed by atoms with E-state index in [1.54, 1.807) is 0 Å². The van der Waals surface area contributed by atoms with Crippen molar-refractivity contribution in [3.8, 4) is 0 Å². The lowest BCUT2D eigenvalue weighted by molar-refractivity contribution is -0.138. The van der Waals surface area contributed by atoms with E-state index >= 15 is 0 Å². The van der Waals surface area contributed by atoms with Crippen LogP contribution in [0.4, 0.5) is 19.0 Å². The molecule has 0 saturated carbocycles. The Hall–Kier alpha value is -2.27. The SMILES string of the molecule is C[C@](N)(Nc1nc(Cl)nc2c1CC(CCC(=O)C1CN(C3COC3)C1)C2)c1cccc(C(F)F)c1F. The molecule has 36 heavy (non-hydrogen) atoms. The summed E-state index contributed by atoms with van der Waals surface area (Å²) in [6, 6.07) is 4.21. The topological polar surface area (TPSA) is 93.4 Å². The third-order valence-electron chi connectivity index (χ3n) is 7.54. The molecule has 2 saturated heterocycles. The van der Waals surface area contributed by atoms with E-state index in [2.05, 4.69) is 20.2 Å². The van der Waals surface area contributed by atoms with Crippen molar-refractivity contribution in [3.63, 3.8) is 0 Å². The number of Topliss-reactive ketones (excluding diaryl/α,β-unsaturated/α-hetero) is 1. The molecule has 1 aliphatic carbocycles. The first-order valence-electron chi connectivity index (χ1n) is 12.2. The lowest BCUT2D eigenvalue weighted by atomic mass is 9.88. The van der Waals surface area contributed by atoms with Gasteiger partial charge < -0.3 is 15.8 Å². The molecule has 7 nitrogen and oxygen atoms in total. The number of fused-ring (bicyclic) bond motifs is 1. The molecule has 2 aromatic rings. The van der Waals surface area contributed by atoms with Crippen molar-refractivity contribution < 1.29 is 22.7 Å². The van der Waals surface area contributed by atoms with Crippen molar-refractivity contribution in [1.29, 1.82) is 0 Å². The first-order valence-corrected chi connectivity index (χ1v) is 12.5. The average molecular weight is 524 g/mol. The van der Waals surface area contributed by atoms with Crippen molar-refractivity contribution in [2.24, 2.45) is 17.6 Å². The third kappa shape index (κ3) is 4.96. The van der Waals surface area contributed by atoms with Crippen LogP contribution in [-0.2, 0) is 28.0 Å². The Morgan fingerprint density at radius 2 is 2.06 bits per heavy atom. The number of halogens is 4. The molecule has 1 aromatic carbocycles. The van der Waals surface area contributed by atoms with Crippen LogP contribution in [0.1, 0.15) is 48.6 Å². The van der Waals surface area contributed by atoms with Crippen LogP contribution in [0.3, 0.4) is 0 Å². The number of ether oxygens (including phenoxy) is 1. The van der Waals surface area contributed by atoms with E-state index < -0.39 is 23.5 Å². The van der Waals surface area contributed by atoms with Gasteiger partial charge in [0.1, 0.15) is 23.1 Å². The van der Waals surface area contributed by atoms with Crippen molar-refractivity contribution >= 4 is 23.2 Å². The highest BCUT2D eigenvalue weighted by molar-refractivity contribution is 6.28. The molecule has 0 radical (unpaired) electrons. The quantitative estimate of drug-likeness (QED) is 0.381. The molecule has 0 bridgehead atoms. The van der Waals surface area contributed by atoms with Gasteiger partial charge in [-0.2, -0.15) is 0 Å². The first kappa shape index (κ1) is 25.4. The number of ketones is 1. The number of nitrogens with zero attached hydrogens (tertiary/aromatic N) is 3. The van der Waals surface area contributed by atoms with E-state index in [-0.39, 0.29) is 28.5 Å². The normalized spacial score (nSPS) is 22.1. The zero-order valence-corrected chi connectivity index (χ0v) is 20.7. The summed E-state index contributed by atoms with van der Waals surface area (Å²) in [5, 5.41) is 3.02. The predicted octanol–water partition coefficient (Wildman–Crippen LogP) is 3.84. The number of aromatic nitrogens is 2. The Bertz CT molecular complexity index is 1150. The van der Waals surface area contributed by atoms with Gasteiger partial charge in [0.15, 0.2) is 0 Å². The highest BCUT2D eigenvalue weighted by Gasteiger charge is 2.39. The van der Waals surface area contributed by atoms with E-state index in [1.807, 2.05) is 0 Å². The second kappa shape index (κ2) is 9.89. The zero-order valence-electron chi connectivity index (χ0n) is 19.9. The summed E-state index contributed by atoms with van der Waals surface area (Å²) in [5.74, 6) is -0.136. The van der Waals surface area contributed by atoms with Gasteiger partial charge in [0.2, 0.25) is 5.28 Å². The van der Waals surface area contributed by atoms with E-state index in [0.29, 0.717) is 31.1 Å². The average Bonchev–Trinajstić information content (AvgIpc) is 3.15. The van der Waals surface area contributed by atoms with Gasteiger partial charge in [-0.15, -0.1) is 0 Å². The molecule has 2 aliphatic heterocycles. The lowest BCUT2D eigenvalue weighted by Gasteiger charge is -2.46. The largest absolute Gasteiger partial charge is 0.378 e. The lowest BCUT2D eigenvalue weighted by Crippen LogP contribution is -2.60. The summed E-state index contributed by atoms with van der Waals surface area (Å²) in [4.78, 5) is 23.6. The maximum absolute atomic E-state index is 14.8. The molecular formula is C25H29ClF3N5O2. The molecule has 3 heterocycles. The summed E-state index contributed by atoms with van der Waals surface area (Å²) in [6.07, 6.45) is -0.472. The Balaban J connectivity index is 1.24. The van der Waals surface area contributed by atoms with Crippen LogP contribution >= 0.6 is 11.6 Å². The number of alkyl halides is 2. The number of nitrogens with two attached hydrogens (primary N) is 1. The molecule has 5 rings (SSSR count). The molecule has 0 spiro atoms. The van der Waals surface area contributed by atoms with Gasteiger partial charge in [0.25, 0.3) is 6.43 Å². The predicted molar refractivity (Wildman–Crippen MR) is 128 cm³/mol. The molecule has 0 amide bonds. The van der Waals surface area contributed by atoms with Gasteiger partial charge in [0.05, 0.1) is 30.5 Å². The molecule has 2 atom stereocenters. The van der Waals surface area contributed by atoms with Crippen LogP contribution in [0.2, 0.25) is 5.28 Å². The monoisotopic (exact) mass is 523 g/mol. The Labute approximate surface area is 212 Å². The number of carbonyl (C=O) groups excluding carboxylic acids is 1. The molecule has 2 fully saturated rings. The van der Waals surface area contributed by atoms with Gasteiger partial charge in [-0.25, -0.2) is 23.1 Å². The molecule has 11 heteroatoms. The van der Waals surface area contributed by atoms with Crippen LogP contribution in [-0.4, -0.2) is 53.0 Å². The summed E-state index contributed by atoms with van der Waals surface area (Å²) >= 11 is 6.16. The van der Waals surface area contributed by atoms with Crippen LogP contribution < -0.4 is 11.1 Å². The highest BCUT2D eigenvalue weighted by atomic mass is 35.5. The van der Waals surface area contributed by atoms with Crippen molar-refractivity contribution in [1.82, 2.24) is 14.9 Å². The molecule has 1 aromatic heterocycles. The van der Waals surface area contributed by atoms with Gasteiger partial charge in [-0.3, -0.25) is 9.69 Å². The number of nitrogens with one attached hydrogen (secondary N) is 1. The summed E-state index contributed by atoms with van der Waals surface area (Å²) in [6.45, 7) is 4.63. The maximum Gasteiger partial charge on any atom is 0.266 e. The summed E-state index contributed by atoms with van der Waals surface area (Å²) in [7, 11) is 0. The number of likely N-dealkylation sites (tertiary alicyclic amines) is 1. The molecule has 1 unspecified atom stereocenters. The maximum atomic E-state index is 14.8. The third-order valence-corrected chi connectivity index (χ3v) is 7.71. The minimum absolute atomic E-state index is 0.0140. The van der Waals surface area contributed by atoms with Crippen molar-refractivity contribution in [3.05, 3.63) is 51.7 Å². The van der Waals surface area contributed by atoms with Gasteiger partial charge in [-0.1, -0.05) is 18.2 Å². The standard InChI is InChI=1S/C25H29ClF3N5O2/c1-25(30,18-4-2-3-16(21(18)27)22(28)29)33-23-17-7-13(8-19(17)31-24(26)32-23)5-6-20(35)14-9-34(10-14)15-11-36-12-15/h2-4,13-15,22H,5-12,30H2,1H3,(H,31,32,33)/t13?,25-/m0/s1. The Kier molecular flexibility index (Phi) is 6.97. The van der Waals surface area contributed by atoms with Crippen molar-refractivity contribution in [2.75, 3.05) is 31.6 Å². The van der Waals surface area contributed by atoms with E-state index in [1.165, 1.54) is 19.1 Å². The number of anilines is 1. The number of carbonyl (C=O) groups is 1. The molecule has 3 N–H and O–H groups in total. The minimum atomic E-state index is -2.96. The molecule has 194 valence electrons. The van der Waals surface area contributed by atoms with Crippen LogP contribution in [0.15, 0.2) is 18.2 Å². The highest BCUT2D eigenvalue weighted by Crippen LogP contribution is 2.37. The second-order valence-corrected chi connectivity index (χ2v) is 10.6. The van der Waals surface area contributed by atoms with E-state index in [0.717, 1.165) is 50.0 Å². The second-order valence-electron chi connectivity index (χ2n) is 10.2. The Morgan fingerprint density at radius 1 is 1.31 bits per heavy atom. The van der Waals surface area contributed by atoms with E-state index in [4.69, 9.17) is 22.1 Å². The minimum Gasteiger partial charge on any atom is -0.378 e. The van der Waals surface area contributed by atoms with Gasteiger partial charge in [-0.05, 0) is 43.7 Å². The van der Waals surface area contributed by atoms with Crippen LogP contribution in [0, 0.1) is 17.7 Å². The van der Waals surface area contributed by atoms with Crippen LogP contribution in [0.25, 0.3) is 0 Å². The molecule has 3 aliphatic rings. The van der Waals surface area contributed by atoms with Crippen LogP contribution in [0.5, 0.6) is 0 Å². The fourth-order valence-corrected chi connectivity index (χ4v) is 5.44. The fraction of sp³-hybridized carbons (Fsp3) is 0.560. The number of benzene rings is 1. The van der Waals surface area contributed by atoms with Crippen molar-refractivity contribution in [2.45, 2.75) is 50.7 Å². The smallest absolute Gasteiger partial charge is 0.266 e. The van der Waals surface area contributed by atoms with Gasteiger partial charge >= 0.3 is 0 Å².